The van der Waals surface area contributed by atoms with Gasteiger partial charge in [0, 0.05) is 13.5 Å². The van der Waals surface area contributed by atoms with Gasteiger partial charge < -0.3 is 5.32 Å². The van der Waals surface area contributed by atoms with E-state index in [-0.39, 0.29) is 5.91 Å². The number of nitrogens with one attached hydrogen (secondary N) is 1. The first kappa shape index (κ1) is 11.7. The van der Waals surface area contributed by atoms with Crippen LogP contribution in [0.4, 0.5) is 0 Å². The lowest BCUT2D eigenvalue weighted by Crippen LogP contribution is -2.20. The van der Waals surface area contributed by atoms with Crippen LogP contribution in [0.5, 0.6) is 0 Å². The summed E-state index contributed by atoms with van der Waals surface area (Å²) in [6, 6.07) is 1.91. The van der Waals surface area contributed by atoms with E-state index >= 15 is 0 Å². The standard InChI is InChI=1S/C5H8N2O.C2H6/c1-5(8)7-4-2-3-6;1-2/h2,4H2,1H3,(H,7,8);1-2H3. The van der Waals surface area contributed by atoms with Crippen molar-refractivity contribution in [3.63, 3.8) is 0 Å². The highest BCUT2D eigenvalue weighted by Crippen LogP contribution is 1.68. The molecule has 0 aliphatic rings. The first-order valence-corrected chi connectivity index (χ1v) is 3.38. The average molecular weight is 142 g/mol. The van der Waals surface area contributed by atoms with E-state index < -0.39 is 0 Å². The lowest BCUT2D eigenvalue weighted by Gasteiger charge is -1.92. The quantitative estimate of drug-likeness (QED) is 0.586. The van der Waals surface area contributed by atoms with Crippen LogP contribution >= 0.6 is 0 Å². The van der Waals surface area contributed by atoms with E-state index in [4.69, 9.17) is 5.26 Å². The first-order valence-electron chi connectivity index (χ1n) is 3.38. The molecule has 1 amide bonds. The number of hydrogen-bond donors (Lipinski definition) is 1. The maximum Gasteiger partial charge on any atom is 0.216 e. The topological polar surface area (TPSA) is 52.9 Å². The highest BCUT2D eigenvalue weighted by molar-refractivity contribution is 5.72. The third-order valence-corrected chi connectivity index (χ3v) is 0.611. The van der Waals surface area contributed by atoms with Crippen LogP contribution in [0.25, 0.3) is 0 Å². The third kappa shape index (κ3) is 15.8. The smallest absolute Gasteiger partial charge is 0.216 e. The van der Waals surface area contributed by atoms with E-state index in [1.54, 1.807) is 0 Å². The van der Waals surface area contributed by atoms with Gasteiger partial charge in [0.05, 0.1) is 12.5 Å². The Labute approximate surface area is 62.0 Å². The molecule has 0 radical (unpaired) electrons. The van der Waals surface area contributed by atoms with Crippen molar-refractivity contribution in [2.45, 2.75) is 27.2 Å². The van der Waals surface area contributed by atoms with Gasteiger partial charge in [-0.2, -0.15) is 5.26 Å². The number of rotatable bonds is 2. The Kier molecular flexibility index (Phi) is 12.7. The highest BCUT2D eigenvalue weighted by Gasteiger charge is 1.85. The molecular weight excluding hydrogens is 128 g/mol. The second kappa shape index (κ2) is 10.9. The van der Waals surface area contributed by atoms with Gasteiger partial charge in [-0.15, -0.1) is 0 Å². The van der Waals surface area contributed by atoms with Crippen molar-refractivity contribution < 1.29 is 4.79 Å². The van der Waals surface area contributed by atoms with Crippen LogP contribution in [0.1, 0.15) is 27.2 Å². The fourth-order valence-electron chi connectivity index (χ4n) is 0.294. The van der Waals surface area contributed by atoms with E-state index in [2.05, 4.69) is 5.32 Å². The maximum absolute atomic E-state index is 10.1. The lowest BCUT2D eigenvalue weighted by atomic mass is 10.5. The summed E-state index contributed by atoms with van der Waals surface area (Å²) < 4.78 is 0. The van der Waals surface area contributed by atoms with Crippen LogP contribution in [0.2, 0.25) is 0 Å². The second-order valence-electron chi connectivity index (χ2n) is 1.39. The Balaban J connectivity index is 0. The van der Waals surface area contributed by atoms with E-state index in [0.717, 1.165) is 0 Å². The fourth-order valence-corrected chi connectivity index (χ4v) is 0.294. The minimum absolute atomic E-state index is 0.0831. The maximum atomic E-state index is 10.1. The molecule has 0 aromatic rings. The molecule has 0 rings (SSSR count). The van der Waals surface area contributed by atoms with Crippen molar-refractivity contribution in [3.8, 4) is 6.07 Å². The van der Waals surface area contributed by atoms with Gasteiger partial charge in [-0.1, -0.05) is 13.8 Å². The molecule has 0 bridgehead atoms. The minimum atomic E-state index is -0.0831. The number of carbonyl (C=O) groups excluding carboxylic acids is 1. The molecule has 0 aromatic carbocycles. The van der Waals surface area contributed by atoms with E-state index in [9.17, 15) is 4.79 Å². The van der Waals surface area contributed by atoms with Crippen LogP contribution in [0.15, 0.2) is 0 Å². The Morgan fingerprint density at radius 3 is 2.40 bits per heavy atom. The van der Waals surface area contributed by atoms with Gasteiger partial charge in [-0.3, -0.25) is 4.79 Å². The number of nitrogens with zero attached hydrogens (tertiary/aromatic N) is 1. The zero-order valence-corrected chi connectivity index (χ0v) is 6.77. The molecule has 0 aliphatic heterocycles. The van der Waals surface area contributed by atoms with Gasteiger partial charge in [0.15, 0.2) is 0 Å². The molecule has 0 fully saturated rings. The second-order valence-corrected chi connectivity index (χ2v) is 1.39. The van der Waals surface area contributed by atoms with Gasteiger partial charge in [0.25, 0.3) is 0 Å². The van der Waals surface area contributed by atoms with Gasteiger partial charge in [0.1, 0.15) is 0 Å². The average Bonchev–Trinajstić information content (AvgIpc) is 1.92. The zero-order valence-electron chi connectivity index (χ0n) is 6.77. The molecule has 0 spiro atoms. The summed E-state index contributed by atoms with van der Waals surface area (Å²) in [5.41, 5.74) is 0. The Morgan fingerprint density at radius 1 is 1.60 bits per heavy atom. The first-order chi connectivity index (χ1) is 4.77. The monoisotopic (exact) mass is 142 g/mol. The summed E-state index contributed by atoms with van der Waals surface area (Å²) in [4.78, 5) is 10.1. The Morgan fingerprint density at radius 2 is 2.10 bits per heavy atom. The van der Waals surface area contributed by atoms with Crippen molar-refractivity contribution in [2.75, 3.05) is 6.54 Å². The molecule has 0 aromatic heterocycles. The molecule has 10 heavy (non-hydrogen) atoms. The van der Waals surface area contributed by atoms with Gasteiger partial charge in [-0.25, -0.2) is 0 Å². The van der Waals surface area contributed by atoms with Gasteiger partial charge >= 0.3 is 0 Å². The Hall–Kier alpha value is -1.04. The molecule has 3 heteroatoms. The number of hydrogen-bond acceptors (Lipinski definition) is 2. The Bertz CT molecular complexity index is 115. The van der Waals surface area contributed by atoms with E-state index in [1.165, 1.54) is 6.92 Å². The number of carbonyl (C=O) groups is 1. The fraction of sp³-hybridized carbons (Fsp3) is 0.714. The summed E-state index contributed by atoms with van der Waals surface area (Å²) in [7, 11) is 0. The van der Waals surface area contributed by atoms with Crippen molar-refractivity contribution >= 4 is 5.91 Å². The predicted octanol–water partition coefficient (Wildman–Crippen LogP) is 1.06. The molecule has 0 saturated heterocycles. The zero-order chi connectivity index (χ0) is 8.41. The predicted molar refractivity (Wildman–Crippen MR) is 40.3 cm³/mol. The van der Waals surface area contributed by atoms with Gasteiger partial charge in [-0.05, 0) is 0 Å². The van der Waals surface area contributed by atoms with E-state index in [0.29, 0.717) is 13.0 Å². The number of nitriles is 1. The summed E-state index contributed by atoms with van der Waals surface area (Å²) in [5.74, 6) is -0.0831. The van der Waals surface area contributed by atoms with Crippen LogP contribution in [-0.4, -0.2) is 12.5 Å². The molecule has 0 aliphatic carbocycles. The highest BCUT2D eigenvalue weighted by atomic mass is 16.1. The molecule has 0 atom stereocenters. The minimum Gasteiger partial charge on any atom is -0.355 e. The third-order valence-electron chi connectivity index (χ3n) is 0.611. The largest absolute Gasteiger partial charge is 0.355 e. The summed E-state index contributed by atoms with van der Waals surface area (Å²) in [6.07, 6.45) is 0.388. The SMILES string of the molecule is CC.CC(=O)NCCC#N. The molecule has 3 nitrogen and oxygen atoms in total. The molecule has 58 valence electrons. The van der Waals surface area contributed by atoms with Crippen LogP contribution < -0.4 is 5.32 Å². The molecule has 0 unspecified atom stereocenters. The lowest BCUT2D eigenvalue weighted by molar-refractivity contribution is -0.118. The van der Waals surface area contributed by atoms with Crippen LogP contribution in [0, 0.1) is 11.3 Å². The van der Waals surface area contributed by atoms with Crippen LogP contribution in [-0.2, 0) is 4.79 Å². The summed E-state index contributed by atoms with van der Waals surface area (Å²) in [5, 5.41) is 10.5. The van der Waals surface area contributed by atoms with Crippen molar-refractivity contribution in [3.05, 3.63) is 0 Å². The molecule has 1 N–H and O–H groups in total. The summed E-state index contributed by atoms with van der Waals surface area (Å²) in [6.45, 7) is 5.89. The van der Waals surface area contributed by atoms with Crippen molar-refractivity contribution in [1.29, 1.82) is 5.26 Å². The van der Waals surface area contributed by atoms with Crippen molar-refractivity contribution in [2.24, 2.45) is 0 Å². The van der Waals surface area contributed by atoms with Crippen molar-refractivity contribution in [1.82, 2.24) is 5.32 Å². The molecule has 0 saturated carbocycles. The number of amides is 1. The molecule has 0 heterocycles. The van der Waals surface area contributed by atoms with E-state index in [1.807, 2.05) is 19.9 Å². The molecular formula is C7H14N2O. The normalized spacial score (nSPS) is 6.60. The summed E-state index contributed by atoms with van der Waals surface area (Å²) >= 11 is 0. The van der Waals surface area contributed by atoms with Gasteiger partial charge in [0.2, 0.25) is 5.91 Å². The van der Waals surface area contributed by atoms with Crippen LogP contribution in [0.3, 0.4) is 0 Å².